The summed E-state index contributed by atoms with van der Waals surface area (Å²) in [4.78, 5) is 13.5. The maximum absolute atomic E-state index is 11.2. The number of nitrogens with zero attached hydrogens (tertiary/aromatic N) is 3. The summed E-state index contributed by atoms with van der Waals surface area (Å²) in [7, 11) is 1.80. The number of rotatable bonds is 6. The maximum atomic E-state index is 11.2. The Hall–Kier alpha value is -1.40. The molecule has 20 heavy (non-hydrogen) atoms. The van der Waals surface area contributed by atoms with Gasteiger partial charge in [0.2, 0.25) is 0 Å². The molecule has 0 bridgehead atoms. The van der Waals surface area contributed by atoms with Gasteiger partial charge in [0.1, 0.15) is 5.56 Å². The fourth-order valence-corrected chi connectivity index (χ4v) is 2.74. The van der Waals surface area contributed by atoms with Crippen molar-refractivity contribution in [3.8, 4) is 0 Å². The second-order valence-corrected chi connectivity index (χ2v) is 5.41. The summed E-state index contributed by atoms with van der Waals surface area (Å²) in [5.41, 5.74) is 1.08. The molecule has 6 heteroatoms. The molecule has 2 N–H and O–H groups in total. The number of piperidine rings is 1. The molecule has 1 unspecified atom stereocenters. The van der Waals surface area contributed by atoms with Crippen molar-refractivity contribution in [2.24, 2.45) is 7.05 Å². The van der Waals surface area contributed by atoms with Gasteiger partial charge in [-0.3, -0.25) is 9.58 Å². The van der Waals surface area contributed by atoms with Crippen molar-refractivity contribution in [1.82, 2.24) is 20.0 Å². The van der Waals surface area contributed by atoms with Gasteiger partial charge in [0, 0.05) is 26.2 Å². The molecule has 1 aromatic rings. The van der Waals surface area contributed by atoms with E-state index >= 15 is 0 Å². The molecule has 1 fully saturated rings. The van der Waals surface area contributed by atoms with Crippen LogP contribution < -0.4 is 5.32 Å². The van der Waals surface area contributed by atoms with Crippen molar-refractivity contribution in [2.75, 3.05) is 19.6 Å². The number of carboxylic acids is 1. The minimum Gasteiger partial charge on any atom is -0.478 e. The Labute approximate surface area is 119 Å². The van der Waals surface area contributed by atoms with Gasteiger partial charge >= 0.3 is 5.97 Å². The predicted octanol–water partition coefficient (Wildman–Crippen LogP) is 1.08. The molecule has 0 saturated carbocycles. The SMILES string of the molecule is CCN(Cc1c(C(=O)O)cnn1C)CC1CCCCN1. The number of aryl methyl sites for hydroxylation is 1. The van der Waals surface area contributed by atoms with Gasteiger partial charge in [-0.1, -0.05) is 13.3 Å². The van der Waals surface area contributed by atoms with Gasteiger partial charge in [0.25, 0.3) is 0 Å². The van der Waals surface area contributed by atoms with E-state index in [-0.39, 0.29) is 0 Å². The monoisotopic (exact) mass is 280 g/mol. The van der Waals surface area contributed by atoms with Crippen LogP contribution in [0.25, 0.3) is 0 Å². The summed E-state index contributed by atoms with van der Waals surface area (Å²) in [6, 6.07) is 0.519. The number of likely N-dealkylation sites (N-methyl/N-ethyl adjacent to an activating group) is 1. The van der Waals surface area contributed by atoms with Gasteiger partial charge in [-0.25, -0.2) is 4.79 Å². The van der Waals surface area contributed by atoms with Crippen LogP contribution in [0.5, 0.6) is 0 Å². The number of carboxylic acid groups (broad SMARTS) is 1. The first kappa shape index (κ1) is 15.0. The third-order valence-corrected chi connectivity index (χ3v) is 4.00. The van der Waals surface area contributed by atoms with Gasteiger partial charge in [-0.15, -0.1) is 0 Å². The van der Waals surface area contributed by atoms with E-state index in [2.05, 4.69) is 22.2 Å². The maximum Gasteiger partial charge on any atom is 0.339 e. The van der Waals surface area contributed by atoms with E-state index in [9.17, 15) is 9.90 Å². The highest BCUT2D eigenvalue weighted by atomic mass is 16.4. The molecule has 1 aliphatic rings. The van der Waals surface area contributed by atoms with E-state index in [0.29, 0.717) is 18.2 Å². The lowest BCUT2D eigenvalue weighted by atomic mass is 10.0. The van der Waals surface area contributed by atoms with Crippen LogP contribution in [0, 0.1) is 0 Å². The standard InChI is InChI=1S/C14H24N4O2/c1-3-18(9-11-6-4-5-7-15-11)10-13-12(14(19)20)8-16-17(13)2/h8,11,15H,3-7,9-10H2,1-2H3,(H,19,20). The van der Waals surface area contributed by atoms with Crippen molar-refractivity contribution < 1.29 is 9.90 Å². The molecule has 1 saturated heterocycles. The van der Waals surface area contributed by atoms with Crippen molar-refractivity contribution in [3.05, 3.63) is 17.5 Å². The van der Waals surface area contributed by atoms with Crippen LogP contribution in [-0.2, 0) is 13.6 Å². The molecular formula is C14H24N4O2. The lowest BCUT2D eigenvalue weighted by Crippen LogP contribution is -2.43. The second-order valence-electron chi connectivity index (χ2n) is 5.41. The number of carbonyl (C=O) groups is 1. The predicted molar refractivity (Wildman–Crippen MR) is 76.8 cm³/mol. The molecule has 6 nitrogen and oxygen atoms in total. The van der Waals surface area contributed by atoms with Crippen LogP contribution in [-0.4, -0.2) is 51.4 Å². The zero-order chi connectivity index (χ0) is 14.5. The zero-order valence-electron chi connectivity index (χ0n) is 12.3. The van der Waals surface area contributed by atoms with Crippen LogP contribution >= 0.6 is 0 Å². The van der Waals surface area contributed by atoms with Gasteiger partial charge in [-0.05, 0) is 25.9 Å². The van der Waals surface area contributed by atoms with E-state index in [4.69, 9.17) is 0 Å². The molecular weight excluding hydrogens is 256 g/mol. The Morgan fingerprint density at radius 2 is 2.40 bits per heavy atom. The summed E-state index contributed by atoms with van der Waals surface area (Å²) in [6.45, 7) is 5.70. The van der Waals surface area contributed by atoms with Crippen LogP contribution in [0.15, 0.2) is 6.20 Å². The molecule has 2 heterocycles. The van der Waals surface area contributed by atoms with Crippen LogP contribution in [0.4, 0.5) is 0 Å². The first-order chi connectivity index (χ1) is 9.61. The zero-order valence-corrected chi connectivity index (χ0v) is 12.3. The van der Waals surface area contributed by atoms with Crippen LogP contribution in [0.3, 0.4) is 0 Å². The average molecular weight is 280 g/mol. The highest BCUT2D eigenvalue weighted by molar-refractivity contribution is 5.88. The molecule has 1 atom stereocenters. The number of aromatic carboxylic acids is 1. The molecule has 2 rings (SSSR count). The summed E-state index contributed by atoms with van der Waals surface area (Å²) in [6.07, 6.45) is 5.17. The summed E-state index contributed by atoms with van der Waals surface area (Å²) in [5.74, 6) is -0.903. The number of hydrogen-bond donors (Lipinski definition) is 2. The summed E-state index contributed by atoms with van der Waals surface area (Å²) in [5, 5.41) is 16.8. The topological polar surface area (TPSA) is 70.4 Å². The summed E-state index contributed by atoms with van der Waals surface area (Å²) >= 11 is 0. The molecule has 0 amide bonds. The molecule has 1 aromatic heterocycles. The Morgan fingerprint density at radius 3 is 3.00 bits per heavy atom. The van der Waals surface area contributed by atoms with E-state index in [1.807, 2.05) is 0 Å². The largest absolute Gasteiger partial charge is 0.478 e. The van der Waals surface area contributed by atoms with E-state index in [1.165, 1.54) is 25.5 Å². The van der Waals surface area contributed by atoms with Crippen molar-refractivity contribution in [2.45, 2.75) is 38.8 Å². The number of aromatic nitrogens is 2. The van der Waals surface area contributed by atoms with Gasteiger partial charge in [0.15, 0.2) is 0 Å². The normalized spacial score (nSPS) is 19.4. The Kier molecular flexibility index (Phi) is 5.14. The fourth-order valence-electron chi connectivity index (χ4n) is 2.74. The van der Waals surface area contributed by atoms with Crippen molar-refractivity contribution in [1.29, 1.82) is 0 Å². The fraction of sp³-hybridized carbons (Fsp3) is 0.714. The van der Waals surface area contributed by atoms with Gasteiger partial charge in [-0.2, -0.15) is 5.10 Å². The summed E-state index contributed by atoms with van der Waals surface area (Å²) < 4.78 is 1.67. The van der Waals surface area contributed by atoms with E-state index < -0.39 is 5.97 Å². The van der Waals surface area contributed by atoms with Crippen LogP contribution in [0.1, 0.15) is 42.2 Å². The number of nitrogens with one attached hydrogen (secondary N) is 1. The van der Waals surface area contributed by atoms with E-state index in [1.54, 1.807) is 11.7 Å². The van der Waals surface area contributed by atoms with Gasteiger partial charge < -0.3 is 10.4 Å². The average Bonchev–Trinajstić information content (AvgIpc) is 2.81. The van der Waals surface area contributed by atoms with Gasteiger partial charge in [0.05, 0.1) is 11.9 Å². The number of hydrogen-bond acceptors (Lipinski definition) is 4. The lowest BCUT2D eigenvalue weighted by Gasteiger charge is -2.30. The molecule has 0 spiro atoms. The van der Waals surface area contributed by atoms with Crippen molar-refractivity contribution in [3.63, 3.8) is 0 Å². The minimum atomic E-state index is -0.903. The molecule has 1 aliphatic heterocycles. The highest BCUT2D eigenvalue weighted by Crippen LogP contribution is 2.13. The third kappa shape index (κ3) is 3.58. The van der Waals surface area contributed by atoms with E-state index in [0.717, 1.165) is 25.3 Å². The molecule has 0 aromatic carbocycles. The molecule has 112 valence electrons. The molecule has 0 radical (unpaired) electrons. The smallest absolute Gasteiger partial charge is 0.339 e. The quantitative estimate of drug-likeness (QED) is 0.816. The third-order valence-electron chi connectivity index (χ3n) is 4.00. The Balaban J connectivity index is 2.02. The lowest BCUT2D eigenvalue weighted by molar-refractivity contribution is 0.0694. The Bertz CT molecular complexity index is 452. The highest BCUT2D eigenvalue weighted by Gasteiger charge is 2.20. The molecule has 0 aliphatic carbocycles. The first-order valence-corrected chi connectivity index (χ1v) is 7.31. The minimum absolute atomic E-state index is 0.308. The first-order valence-electron chi connectivity index (χ1n) is 7.31. The van der Waals surface area contributed by atoms with Crippen molar-refractivity contribution >= 4 is 5.97 Å². The Morgan fingerprint density at radius 1 is 1.60 bits per heavy atom. The second kappa shape index (κ2) is 6.85. The van der Waals surface area contributed by atoms with Crippen LogP contribution in [0.2, 0.25) is 0 Å².